The van der Waals surface area contributed by atoms with E-state index in [4.69, 9.17) is 0 Å². The monoisotopic (exact) mass is 254 g/mol. The second-order valence-corrected chi connectivity index (χ2v) is 7.00. The first-order chi connectivity index (χ1) is 7.88. The third-order valence-electron chi connectivity index (χ3n) is 2.67. The maximum atomic E-state index is 3.51. The van der Waals surface area contributed by atoms with E-state index < -0.39 is 0 Å². The minimum absolute atomic E-state index is 0.388. The third-order valence-corrected chi connectivity index (χ3v) is 3.69. The van der Waals surface area contributed by atoms with Gasteiger partial charge in [0.05, 0.1) is 0 Å². The van der Waals surface area contributed by atoms with Crippen LogP contribution < -0.4 is 5.32 Å². The van der Waals surface area contributed by atoms with Crippen LogP contribution in [0.4, 0.5) is 0 Å². The molecule has 0 radical (unpaired) electrons. The molecule has 0 amide bonds. The average Bonchev–Trinajstić information content (AvgIpc) is 2.56. The van der Waals surface area contributed by atoms with Crippen LogP contribution in [0, 0.1) is 12.3 Å². The molecule has 3 heteroatoms. The molecule has 2 nitrogen and oxygen atoms in total. The molecule has 17 heavy (non-hydrogen) atoms. The molecule has 1 aromatic heterocycles. The van der Waals surface area contributed by atoms with E-state index in [1.165, 1.54) is 10.4 Å². The van der Waals surface area contributed by atoms with E-state index in [1.54, 1.807) is 0 Å². The predicted molar refractivity (Wildman–Crippen MR) is 77.7 cm³/mol. The van der Waals surface area contributed by atoms with Crippen LogP contribution in [-0.4, -0.2) is 31.6 Å². The zero-order chi connectivity index (χ0) is 12.9. The van der Waals surface area contributed by atoms with Gasteiger partial charge in [-0.25, -0.2) is 0 Å². The Morgan fingerprint density at radius 1 is 1.35 bits per heavy atom. The Bertz CT molecular complexity index is 325. The van der Waals surface area contributed by atoms with E-state index in [1.807, 2.05) is 11.3 Å². The first-order valence-electron chi connectivity index (χ1n) is 6.31. The lowest BCUT2D eigenvalue weighted by Gasteiger charge is -2.26. The third kappa shape index (κ3) is 6.20. The molecule has 0 spiro atoms. The number of nitrogens with one attached hydrogen (secondary N) is 1. The topological polar surface area (TPSA) is 15.3 Å². The summed E-state index contributed by atoms with van der Waals surface area (Å²) in [5.41, 5.74) is 1.80. The number of nitrogens with zero attached hydrogens (tertiary/aromatic N) is 1. The highest BCUT2D eigenvalue weighted by Crippen LogP contribution is 2.15. The number of hydrogen-bond donors (Lipinski definition) is 1. The summed E-state index contributed by atoms with van der Waals surface area (Å²) in [6.45, 7) is 13.4. The molecule has 0 aliphatic rings. The summed E-state index contributed by atoms with van der Waals surface area (Å²) in [5.74, 6) is 0. The van der Waals surface area contributed by atoms with Crippen molar-refractivity contribution >= 4 is 11.3 Å². The van der Waals surface area contributed by atoms with E-state index in [2.05, 4.69) is 56.4 Å². The number of thiophene rings is 1. The van der Waals surface area contributed by atoms with Gasteiger partial charge >= 0.3 is 0 Å². The summed E-state index contributed by atoms with van der Waals surface area (Å²) in [6, 6.07) is 2.19. The first kappa shape index (κ1) is 14.7. The lowest BCUT2D eigenvalue weighted by atomic mass is 9.96. The summed E-state index contributed by atoms with van der Waals surface area (Å²) in [5, 5.41) is 5.68. The Hall–Kier alpha value is -0.380. The normalized spacial score (nSPS) is 12.4. The highest BCUT2D eigenvalue weighted by Gasteiger charge is 2.12. The molecule has 98 valence electrons. The van der Waals surface area contributed by atoms with Crippen LogP contribution in [0.2, 0.25) is 0 Å². The number of hydrogen-bond acceptors (Lipinski definition) is 3. The van der Waals surface area contributed by atoms with Gasteiger partial charge in [0.2, 0.25) is 0 Å². The van der Waals surface area contributed by atoms with Gasteiger partial charge in [0, 0.05) is 31.1 Å². The van der Waals surface area contributed by atoms with Crippen LogP contribution in [0.25, 0.3) is 0 Å². The highest BCUT2D eigenvalue weighted by molar-refractivity contribution is 7.10. The van der Waals surface area contributed by atoms with Gasteiger partial charge in [-0.3, -0.25) is 0 Å². The molecule has 1 aromatic rings. The van der Waals surface area contributed by atoms with Crippen molar-refractivity contribution in [2.75, 3.05) is 26.7 Å². The Morgan fingerprint density at radius 3 is 2.59 bits per heavy atom. The summed E-state index contributed by atoms with van der Waals surface area (Å²) in [7, 11) is 2.20. The standard InChI is InChI=1S/C14H26N2S/c1-12-6-9-17-13(12)10-15-7-8-16(5)11-14(2,3)4/h6,9,15H,7-8,10-11H2,1-5H3. The first-order valence-corrected chi connectivity index (χ1v) is 7.19. The second-order valence-electron chi connectivity index (χ2n) is 6.00. The quantitative estimate of drug-likeness (QED) is 0.785. The lowest BCUT2D eigenvalue weighted by Crippen LogP contribution is -2.34. The zero-order valence-electron chi connectivity index (χ0n) is 11.8. The largest absolute Gasteiger partial charge is 0.311 e. The molecule has 1 heterocycles. The van der Waals surface area contributed by atoms with Crippen LogP contribution in [0.5, 0.6) is 0 Å². The van der Waals surface area contributed by atoms with Crippen molar-refractivity contribution < 1.29 is 0 Å². The van der Waals surface area contributed by atoms with Crippen molar-refractivity contribution in [1.29, 1.82) is 0 Å². The molecule has 0 aliphatic carbocycles. The Labute approximate surface area is 110 Å². The minimum atomic E-state index is 0.388. The number of likely N-dealkylation sites (N-methyl/N-ethyl adjacent to an activating group) is 1. The zero-order valence-corrected chi connectivity index (χ0v) is 12.7. The SMILES string of the molecule is Cc1ccsc1CNCCN(C)CC(C)(C)C. The van der Waals surface area contributed by atoms with Gasteiger partial charge in [-0.05, 0) is 36.4 Å². The highest BCUT2D eigenvalue weighted by atomic mass is 32.1. The molecular weight excluding hydrogens is 228 g/mol. The Kier molecular flexibility index (Phi) is 5.63. The van der Waals surface area contributed by atoms with Crippen LogP contribution in [-0.2, 0) is 6.54 Å². The fourth-order valence-corrected chi connectivity index (χ4v) is 2.82. The van der Waals surface area contributed by atoms with Gasteiger partial charge in [-0.15, -0.1) is 11.3 Å². The van der Waals surface area contributed by atoms with E-state index >= 15 is 0 Å². The van der Waals surface area contributed by atoms with Crippen LogP contribution in [0.3, 0.4) is 0 Å². The van der Waals surface area contributed by atoms with E-state index in [0.29, 0.717) is 5.41 Å². The molecular formula is C14H26N2S. The molecule has 0 saturated heterocycles. The van der Waals surface area contributed by atoms with Crippen molar-refractivity contribution in [1.82, 2.24) is 10.2 Å². The van der Waals surface area contributed by atoms with Crippen molar-refractivity contribution in [3.05, 3.63) is 21.9 Å². The van der Waals surface area contributed by atoms with E-state index in [0.717, 1.165) is 26.2 Å². The van der Waals surface area contributed by atoms with Crippen molar-refractivity contribution in [3.63, 3.8) is 0 Å². The molecule has 0 saturated carbocycles. The summed E-state index contributed by atoms with van der Waals surface area (Å²) in [4.78, 5) is 3.86. The lowest BCUT2D eigenvalue weighted by molar-refractivity contribution is 0.227. The fraction of sp³-hybridized carbons (Fsp3) is 0.714. The van der Waals surface area contributed by atoms with Crippen LogP contribution in [0.1, 0.15) is 31.2 Å². The summed E-state index contributed by atoms with van der Waals surface area (Å²) >= 11 is 1.84. The molecule has 0 aromatic carbocycles. The Morgan fingerprint density at radius 2 is 2.06 bits per heavy atom. The number of rotatable bonds is 6. The van der Waals surface area contributed by atoms with Gasteiger partial charge in [0.1, 0.15) is 0 Å². The van der Waals surface area contributed by atoms with E-state index in [9.17, 15) is 0 Å². The molecule has 1 N–H and O–H groups in total. The molecule has 0 aliphatic heterocycles. The average molecular weight is 254 g/mol. The van der Waals surface area contributed by atoms with Gasteiger partial charge in [-0.1, -0.05) is 20.8 Å². The molecule has 1 rings (SSSR count). The van der Waals surface area contributed by atoms with E-state index in [-0.39, 0.29) is 0 Å². The maximum Gasteiger partial charge on any atom is 0.0302 e. The van der Waals surface area contributed by atoms with Crippen molar-refractivity contribution in [2.45, 2.75) is 34.2 Å². The van der Waals surface area contributed by atoms with Crippen molar-refractivity contribution in [3.8, 4) is 0 Å². The molecule has 0 fully saturated rings. The van der Waals surface area contributed by atoms with Gasteiger partial charge in [-0.2, -0.15) is 0 Å². The van der Waals surface area contributed by atoms with Gasteiger partial charge < -0.3 is 10.2 Å². The van der Waals surface area contributed by atoms with Gasteiger partial charge in [0.15, 0.2) is 0 Å². The fourth-order valence-electron chi connectivity index (χ4n) is 1.95. The number of aryl methyl sites for hydroxylation is 1. The molecule has 0 unspecified atom stereocenters. The van der Waals surface area contributed by atoms with Crippen molar-refractivity contribution in [2.24, 2.45) is 5.41 Å². The summed E-state index contributed by atoms with van der Waals surface area (Å²) < 4.78 is 0. The molecule has 0 bridgehead atoms. The maximum absolute atomic E-state index is 3.51. The van der Waals surface area contributed by atoms with Crippen LogP contribution in [0.15, 0.2) is 11.4 Å². The second kappa shape index (κ2) is 6.53. The predicted octanol–water partition coefficient (Wildman–Crippen LogP) is 3.12. The Balaban J connectivity index is 2.14. The van der Waals surface area contributed by atoms with Crippen LogP contribution >= 0.6 is 11.3 Å². The smallest absolute Gasteiger partial charge is 0.0302 e. The molecule has 0 atom stereocenters. The minimum Gasteiger partial charge on any atom is -0.311 e. The van der Waals surface area contributed by atoms with Gasteiger partial charge in [0.25, 0.3) is 0 Å². The summed E-state index contributed by atoms with van der Waals surface area (Å²) in [6.07, 6.45) is 0.